The Labute approximate surface area is 175 Å². The smallest absolute Gasteiger partial charge is 0.406 e. The third-order valence-electron chi connectivity index (χ3n) is 3.89. The zero-order chi connectivity index (χ0) is 22.5. The van der Waals surface area contributed by atoms with E-state index in [9.17, 15) is 26.4 Å². The van der Waals surface area contributed by atoms with Crippen LogP contribution in [0.25, 0.3) is 6.08 Å². The van der Waals surface area contributed by atoms with Gasteiger partial charge in [-0.05, 0) is 60.2 Å². The molecule has 0 atom stereocenters. The summed E-state index contributed by atoms with van der Waals surface area (Å²) in [6.45, 7) is 0. The molecule has 160 valence electrons. The zero-order valence-electron chi connectivity index (χ0n) is 15.7. The molecule has 0 aliphatic heterocycles. The number of nitrogens with one attached hydrogen (secondary N) is 1. The highest BCUT2D eigenvalue weighted by atomic mass is 32.2. The fourth-order valence-corrected chi connectivity index (χ4v) is 3.82. The van der Waals surface area contributed by atoms with Gasteiger partial charge in [-0.15, -0.1) is 13.2 Å². The van der Waals surface area contributed by atoms with E-state index in [0.29, 0.717) is 5.69 Å². The average Bonchev–Trinajstić information content (AvgIpc) is 2.72. The Balaban J connectivity index is 1.72. The van der Waals surface area contributed by atoms with Gasteiger partial charge in [0.15, 0.2) is 0 Å². The van der Waals surface area contributed by atoms with Crippen molar-refractivity contribution >= 4 is 27.5 Å². The van der Waals surface area contributed by atoms with Crippen LogP contribution in [0.5, 0.6) is 5.75 Å². The van der Waals surface area contributed by atoms with E-state index in [1.807, 2.05) is 0 Å². The normalized spacial score (nSPS) is 12.0. The first-order valence-electron chi connectivity index (χ1n) is 8.73. The number of hydrogen-bond acceptors (Lipinski definition) is 5. The topological polar surface area (TPSA) is 85.4 Å². The van der Waals surface area contributed by atoms with Crippen LogP contribution in [0, 0.1) is 0 Å². The highest BCUT2D eigenvalue weighted by molar-refractivity contribution is 7.91. The number of hydrogen-bond donors (Lipinski definition) is 1. The van der Waals surface area contributed by atoms with Crippen molar-refractivity contribution in [2.45, 2.75) is 16.2 Å². The van der Waals surface area contributed by atoms with Crippen molar-refractivity contribution in [2.75, 3.05) is 5.32 Å². The van der Waals surface area contributed by atoms with E-state index in [2.05, 4.69) is 15.0 Å². The Hall–Kier alpha value is -3.66. The molecule has 0 unspecified atom stereocenters. The molecule has 1 aromatic heterocycles. The van der Waals surface area contributed by atoms with Gasteiger partial charge in [-0.1, -0.05) is 12.1 Å². The number of rotatable bonds is 6. The minimum atomic E-state index is -4.94. The van der Waals surface area contributed by atoms with Crippen LogP contribution in [0.15, 0.2) is 88.9 Å². The van der Waals surface area contributed by atoms with E-state index in [1.54, 1.807) is 30.6 Å². The number of carbonyl (C=O) groups is 1. The number of aromatic nitrogens is 1. The quantitative estimate of drug-likeness (QED) is 0.563. The summed E-state index contributed by atoms with van der Waals surface area (Å²) in [5.41, 5.74) is 1.07. The van der Waals surface area contributed by atoms with Crippen molar-refractivity contribution in [3.63, 3.8) is 0 Å². The molecular formula is C21H15F3N2O4S. The van der Waals surface area contributed by atoms with Crippen LogP contribution in [-0.2, 0) is 14.6 Å². The number of ether oxygens (including phenoxy) is 1. The number of benzene rings is 2. The number of carbonyl (C=O) groups excluding carboxylic acids is 1. The number of nitrogens with zero attached hydrogens (tertiary/aromatic N) is 1. The Bertz CT molecular complexity index is 1190. The first-order chi connectivity index (χ1) is 14.6. The van der Waals surface area contributed by atoms with E-state index in [1.165, 1.54) is 30.3 Å². The van der Waals surface area contributed by atoms with Gasteiger partial charge in [0, 0.05) is 24.2 Å². The Morgan fingerprint density at radius 1 is 1.00 bits per heavy atom. The summed E-state index contributed by atoms with van der Waals surface area (Å²) in [6, 6.07) is 12.8. The van der Waals surface area contributed by atoms with Gasteiger partial charge >= 0.3 is 6.36 Å². The molecule has 0 aliphatic rings. The highest BCUT2D eigenvalue weighted by Gasteiger charge is 2.31. The second-order valence-corrected chi connectivity index (χ2v) is 8.11. The molecule has 6 nitrogen and oxygen atoms in total. The predicted molar refractivity (Wildman–Crippen MR) is 107 cm³/mol. The molecule has 0 aliphatic carbocycles. The second-order valence-electron chi connectivity index (χ2n) is 6.16. The van der Waals surface area contributed by atoms with Crippen LogP contribution in [0.3, 0.4) is 0 Å². The third kappa shape index (κ3) is 6.16. The molecule has 3 rings (SSSR count). The van der Waals surface area contributed by atoms with Crippen molar-refractivity contribution in [1.82, 2.24) is 4.98 Å². The molecule has 1 amide bonds. The summed E-state index contributed by atoms with van der Waals surface area (Å²) in [7, 11) is -4.09. The summed E-state index contributed by atoms with van der Waals surface area (Å²) in [5.74, 6) is -1.07. The van der Waals surface area contributed by atoms with Crippen molar-refractivity contribution < 1.29 is 31.1 Å². The molecule has 0 saturated carbocycles. The standard InChI is InChI=1S/C21H15F3N2O4S/c22-21(23,24)30-17-4-1-5-19(13-17)31(28,29)18-9-7-16(8-10-18)26-20(27)11-6-15-3-2-12-25-14-15/h1-14H,(H,26,27). The van der Waals surface area contributed by atoms with Crippen molar-refractivity contribution in [2.24, 2.45) is 0 Å². The lowest BCUT2D eigenvalue weighted by molar-refractivity contribution is -0.274. The van der Waals surface area contributed by atoms with Gasteiger partial charge in [0.2, 0.25) is 15.7 Å². The Morgan fingerprint density at radius 3 is 2.39 bits per heavy atom. The summed E-state index contributed by atoms with van der Waals surface area (Å²) < 4.78 is 66.3. The maximum atomic E-state index is 12.7. The van der Waals surface area contributed by atoms with Gasteiger partial charge in [-0.2, -0.15) is 0 Å². The van der Waals surface area contributed by atoms with Gasteiger partial charge in [0.25, 0.3) is 0 Å². The van der Waals surface area contributed by atoms with Crippen molar-refractivity contribution in [3.8, 4) is 5.75 Å². The lowest BCUT2D eigenvalue weighted by Gasteiger charge is -2.11. The second kappa shape index (κ2) is 9.00. The summed E-state index contributed by atoms with van der Waals surface area (Å²) in [6.07, 6.45) is 1.11. The van der Waals surface area contributed by atoms with Gasteiger partial charge in [-0.3, -0.25) is 9.78 Å². The SMILES string of the molecule is O=C(C=Cc1cccnc1)Nc1ccc(S(=O)(=O)c2cccc(OC(F)(F)F)c2)cc1. The monoisotopic (exact) mass is 448 g/mol. The Morgan fingerprint density at radius 2 is 1.74 bits per heavy atom. The van der Waals surface area contributed by atoms with Crippen molar-refractivity contribution in [3.05, 3.63) is 84.7 Å². The summed E-state index contributed by atoms with van der Waals surface area (Å²) in [5, 5.41) is 2.58. The number of pyridine rings is 1. The largest absolute Gasteiger partial charge is 0.573 e. The van der Waals surface area contributed by atoms with E-state index in [4.69, 9.17) is 0 Å². The number of amides is 1. The number of anilines is 1. The molecule has 1 N–H and O–H groups in total. The lowest BCUT2D eigenvalue weighted by Crippen LogP contribution is -2.17. The summed E-state index contributed by atoms with van der Waals surface area (Å²) >= 11 is 0. The number of halogens is 3. The molecule has 1 heterocycles. The maximum Gasteiger partial charge on any atom is 0.573 e. The predicted octanol–water partition coefficient (Wildman–Crippen LogP) is 4.46. The maximum absolute atomic E-state index is 12.7. The first-order valence-corrected chi connectivity index (χ1v) is 10.2. The molecule has 0 saturated heterocycles. The molecule has 0 fully saturated rings. The average molecular weight is 448 g/mol. The molecule has 31 heavy (non-hydrogen) atoms. The lowest BCUT2D eigenvalue weighted by atomic mass is 10.2. The van der Waals surface area contributed by atoms with Crippen LogP contribution >= 0.6 is 0 Å². The van der Waals surface area contributed by atoms with Crippen LogP contribution in [0.4, 0.5) is 18.9 Å². The molecule has 10 heteroatoms. The molecular weight excluding hydrogens is 433 g/mol. The number of alkyl halides is 3. The van der Waals surface area contributed by atoms with Gasteiger partial charge in [0.05, 0.1) is 9.79 Å². The molecule has 0 spiro atoms. The third-order valence-corrected chi connectivity index (χ3v) is 5.66. The van der Waals surface area contributed by atoms with Crippen LogP contribution in [-0.4, -0.2) is 25.7 Å². The molecule has 0 bridgehead atoms. The van der Waals surface area contributed by atoms with Gasteiger partial charge < -0.3 is 10.1 Å². The fourth-order valence-electron chi connectivity index (χ4n) is 2.52. The fraction of sp³-hybridized carbons (Fsp3) is 0.0476. The van der Waals surface area contributed by atoms with E-state index < -0.39 is 27.9 Å². The summed E-state index contributed by atoms with van der Waals surface area (Å²) in [4.78, 5) is 15.4. The Kier molecular flexibility index (Phi) is 6.40. The van der Waals surface area contributed by atoms with Crippen LogP contribution < -0.4 is 10.1 Å². The molecule has 0 radical (unpaired) electrons. The van der Waals surface area contributed by atoms with Crippen LogP contribution in [0.2, 0.25) is 0 Å². The zero-order valence-corrected chi connectivity index (χ0v) is 16.5. The van der Waals surface area contributed by atoms with Crippen molar-refractivity contribution in [1.29, 1.82) is 0 Å². The number of sulfone groups is 1. The minimum Gasteiger partial charge on any atom is -0.406 e. The van der Waals surface area contributed by atoms with E-state index >= 15 is 0 Å². The van der Waals surface area contributed by atoms with Crippen LogP contribution in [0.1, 0.15) is 5.56 Å². The van der Waals surface area contributed by atoms with E-state index in [0.717, 1.165) is 29.8 Å². The molecule has 3 aromatic rings. The highest BCUT2D eigenvalue weighted by Crippen LogP contribution is 2.28. The van der Waals surface area contributed by atoms with Gasteiger partial charge in [-0.25, -0.2) is 8.42 Å². The minimum absolute atomic E-state index is 0.152. The van der Waals surface area contributed by atoms with Gasteiger partial charge in [0.1, 0.15) is 5.75 Å². The first kappa shape index (κ1) is 22.0. The van der Waals surface area contributed by atoms with E-state index in [-0.39, 0.29) is 9.79 Å². The molecule has 2 aromatic carbocycles.